The molecule has 0 radical (unpaired) electrons. The molecular formula is C44H41N5O8. The number of imide groups is 1. The van der Waals surface area contributed by atoms with E-state index >= 15 is 0 Å². The van der Waals surface area contributed by atoms with Gasteiger partial charge in [0, 0.05) is 34.9 Å². The maximum atomic E-state index is 13.8. The van der Waals surface area contributed by atoms with E-state index in [-0.39, 0.29) is 47.6 Å². The van der Waals surface area contributed by atoms with Crippen LogP contribution in [-0.4, -0.2) is 57.8 Å². The number of ether oxygens (including phenoxy) is 2. The van der Waals surface area contributed by atoms with Crippen molar-refractivity contribution in [3.05, 3.63) is 143 Å². The van der Waals surface area contributed by atoms with Gasteiger partial charge in [0.25, 0.3) is 11.8 Å². The molecule has 0 unspecified atom stereocenters. The minimum Gasteiger partial charge on any atom is -0.461 e. The van der Waals surface area contributed by atoms with E-state index in [9.17, 15) is 24.0 Å². The van der Waals surface area contributed by atoms with Crippen LogP contribution in [0.2, 0.25) is 0 Å². The Kier molecular flexibility index (Phi) is 11.3. The lowest BCUT2D eigenvalue weighted by atomic mass is 9.96. The maximum absolute atomic E-state index is 13.8. The number of aromatic amines is 1. The van der Waals surface area contributed by atoms with Crippen LogP contribution in [0.3, 0.4) is 0 Å². The van der Waals surface area contributed by atoms with Gasteiger partial charge in [-0.05, 0) is 60.2 Å². The van der Waals surface area contributed by atoms with Crippen molar-refractivity contribution >= 4 is 46.4 Å². The smallest absolute Gasteiger partial charge is 0.407 e. The number of nitrogens with one attached hydrogen (secondary N) is 3. The molecule has 290 valence electrons. The molecule has 13 nitrogen and oxygen atoms in total. The van der Waals surface area contributed by atoms with Gasteiger partial charge in [-0.3, -0.25) is 19.3 Å². The first-order chi connectivity index (χ1) is 27.6. The Morgan fingerprint density at radius 2 is 1.49 bits per heavy atom. The lowest BCUT2D eigenvalue weighted by Crippen LogP contribution is -2.37. The second kappa shape index (κ2) is 16.8. The molecule has 1 aliphatic heterocycles. The molecule has 1 atom stereocenters. The number of hydrogen-bond donors (Lipinski definition) is 3. The standard InChI is InChI=1S/C44H41N5O8/c1-4-55-43(53)38-35(57-40(48-38)39(26(2)3)49-41(51)31-16-8-9-17-32(31)42(49)52)23-36(50)47-33-19-11-10-15-29(33)30-18-12-20-34-37(30)28(24-46-34)21-22-45-44(54)56-25-27-13-6-5-7-14-27/h5-20,24,26,39,46H,4,21-23,25H2,1-3H3,(H,45,54)(H,47,50)/t39-/m0/s1. The van der Waals surface area contributed by atoms with Crippen molar-refractivity contribution in [1.82, 2.24) is 20.2 Å². The van der Waals surface area contributed by atoms with Crippen molar-refractivity contribution in [1.29, 1.82) is 0 Å². The highest BCUT2D eigenvalue weighted by Crippen LogP contribution is 2.38. The number of fused-ring (bicyclic) bond motifs is 2. The number of rotatable bonds is 14. The number of alkyl carbamates (subject to hydrolysis) is 1. The molecule has 57 heavy (non-hydrogen) atoms. The van der Waals surface area contributed by atoms with E-state index in [0.29, 0.717) is 18.7 Å². The van der Waals surface area contributed by atoms with Crippen LogP contribution in [0.25, 0.3) is 22.0 Å². The van der Waals surface area contributed by atoms with E-state index in [1.54, 1.807) is 57.2 Å². The number of para-hydroxylation sites is 1. The molecule has 13 heteroatoms. The number of amides is 4. The largest absolute Gasteiger partial charge is 0.461 e. The summed E-state index contributed by atoms with van der Waals surface area (Å²) in [5, 5.41) is 6.73. The molecule has 0 fully saturated rings. The fraction of sp³-hybridized carbons (Fsp3) is 0.227. The molecular weight excluding hydrogens is 727 g/mol. The van der Waals surface area contributed by atoms with E-state index < -0.39 is 42.2 Å². The second-order valence-electron chi connectivity index (χ2n) is 13.8. The van der Waals surface area contributed by atoms with E-state index in [0.717, 1.165) is 38.1 Å². The number of oxazole rings is 1. The van der Waals surface area contributed by atoms with Crippen LogP contribution in [-0.2, 0) is 33.7 Å². The zero-order valence-electron chi connectivity index (χ0n) is 31.7. The molecule has 7 rings (SSSR count). The third-order valence-corrected chi connectivity index (χ3v) is 9.65. The fourth-order valence-electron chi connectivity index (χ4n) is 7.05. The number of carbonyl (C=O) groups is 5. The maximum Gasteiger partial charge on any atom is 0.407 e. The first kappa shape index (κ1) is 38.3. The van der Waals surface area contributed by atoms with Crippen LogP contribution in [0.15, 0.2) is 108 Å². The molecule has 2 aromatic heterocycles. The topological polar surface area (TPSA) is 173 Å². The Hall–Kier alpha value is -7.02. The Labute approximate surface area is 328 Å². The summed E-state index contributed by atoms with van der Waals surface area (Å²) in [5.41, 5.74) is 5.14. The summed E-state index contributed by atoms with van der Waals surface area (Å²) in [6.07, 6.45) is 1.50. The Balaban J connectivity index is 1.11. The first-order valence-corrected chi connectivity index (χ1v) is 18.7. The summed E-state index contributed by atoms with van der Waals surface area (Å²) in [6.45, 7) is 5.81. The van der Waals surface area contributed by atoms with Crippen molar-refractivity contribution in [2.45, 2.75) is 46.3 Å². The number of nitrogens with zero attached hydrogens (tertiary/aromatic N) is 2. The SMILES string of the molecule is CCOC(=O)c1nc([C@H](C(C)C)N2C(=O)c3ccccc3C2=O)oc1CC(=O)Nc1ccccc1-c1cccc2[nH]cc(CCNC(=O)OCc3ccccc3)c12. The molecule has 4 amide bonds. The van der Waals surface area contributed by atoms with Gasteiger partial charge in [0.05, 0.1) is 24.2 Å². The molecule has 0 bridgehead atoms. The Morgan fingerprint density at radius 1 is 0.825 bits per heavy atom. The van der Waals surface area contributed by atoms with Gasteiger partial charge in [0.15, 0.2) is 5.69 Å². The molecule has 0 aliphatic carbocycles. The Bertz CT molecular complexity index is 2430. The lowest BCUT2D eigenvalue weighted by molar-refractivity contribution is -0.115. The highest BCUT2D eigenvalue weighted by molar-refractivity contribution is 6.21. The van der Waals surface area contributed by atoms with Gasteiger partial charge in [-0.15, -0.1) is 0 Å². The average Bonchev–Trinajstić information content (AvgIpc) is 3.89. The molecule has 1 aliphatic rings. The first-order valence-electron chi connectivity index (χ1n) is 18.7. The van der Waals surface area contributed by atoms with Gasteiger partial charge >= 0.3 is 12.1 Å². The number of benzene rings is 4. The third-order valence-electron chi connectivity index (χ3n) is 9.65. The van der Waals surface area contributed by atoms with Crippen molar-refractivity contribution in [3.8, 4) is 11.1 Å². The predicted molar refractivity (Wildman–Crippen MR) is 211 cm³/mol. The number of carbonyl (C=O) groups excluding carboxylic acids is 5. The number of hydrogen-bond acceptors (Lipinski definition) is 9. The van der Waals surface area contributed by atoms with Gasteiger partial charge in [-0.25, -0.2) is 14.6 Å². The summed E-state index contributed by atoms with van der Waals surface area (Å²) in [5.74, 6) is -2.79. The van der Waals surface area contributed by atoms with Crippen LogP contribution in [0.4, 0.5) is 10.5 Å². The highest BCUT2D eigenvalue weighted by Gasteiger charge is 2.44. The van der Waals surface area contributed by atoms with E-state index in [1.807, 2.05) is 66.9 Å². The highest BCUT2D eigenvalue weighted by atomic mass is 16.5. The lowest BCUT2D eigenvalue weighted by Gasteiger charge is -2.26. The molecule has 3 N–H and O–H groups in total. The summed E-state index contributed by atoms with van der Waals surface area (Å²) >= 11 is 0. The fourth-order valence-corrected chi connectivity index (χ4v) is 7.05. The molecule has 4 aromatic carbocycles. The number of aromatic nitrogens is 2. The molecule has 6 aromatic rings. The van der Waals surface area contributed by atoms with Crippen molar-refractivity contribution in [3.63, 3.8) is 0 Å². The van der Waals surface area contributed by atoms with Gasteiger partial charge < -0.3 is 29.5 Å². The van der Waals surface area contributed by atoms with Gasteiger partial charge in [0.2, 0.25) is 11.8 Å². The van der Waals surface area contributed by atoms with Gasteiger partial charge in [0.1, 0.15) is 18.4 Å². The van der Waals surface area contributed by atoms with Crippen LogP contribution in [0.1, 0.15) is 80.8 Å². The normalized spacial score (nSPS) is 12.8. The zero-order valence-corrected chi connectivity index (χ0v) is 31.7. The van der Waals surface area contributed by atoms with E-state index in [1.165, 1.54) is 0 Å². The summed E-state index contributed by atoms with van der Waals surface area (Å²) in [4.78, 5) is 75.2. The van der Waals surface area contributed by atoms with Crippen molar-refractivity contribution in [2.24, 2.45) is 5.92 Å². The molecule has 0 spiro atoms. The number of anilines is 1. The van der Waals surface area contributed by atoms with Gasteiger partial charge in [-0.1, -0.05) is 86.6 Å². The average molecular weight is 768 g/mol. The van der Waals surface area contributed by atoms with Crippen LogP contribution in [0.5, 0.6) is 0 Å². The molecule has 0 saturated carbocycles. The van der Waals surface area contributed by atoms with Crippen molar-refractivity contribution in [2.75, 3.05) is 18.5 Å². The quantitative estimate of drug-likeness (QED) is 0.0744. The predicted octanol–water partition coefficient (Wildman–Crippen LogP) is 7.64. The summed E-state index contributed by atoms with van der Waals surface area (Å²) in [7, 11) is 0. The van der Waals surface area contributed by atoms with E-state index in [4.69, 9.17) is 13.9 Å². The Morgan fingerprint density at radius 3 is 2.19 bits per heavy atom. The second-order valence-corrected chi connectivity index (χ2v) is 13.8. The summed E-state index contributed by atoms with van der Waals surface area (Å²) in [6, 6.07) is 28.2. The number of H-pyrrole nitrogens is 1. The molecule has 3 heterocycles. The minimum atomic E-state index is -0.964. The van der Waals surface area contributed by atoms with Crippen LogP contribution in [0, 0.1) is 5.92 Å². The number of esters is 1. The minimum absolute atomic E-state index is 0.0488. The monoisotopic (exact) mass is 767 g/mol. The van der Waals surface area contributed by atoms with Crippen LogP contribution >= 0.6 is 0 Å². The van der Waals surface area contributed by atoms with Crippen LogP contribution < -0.4 is 10.6 Å². The zero-order chi connectivity index (χ0) is 40.1. The molecule has 0 saturated heterocycles. The third kappa shape index (κ3) is 8.04. The van der Waals surface area contributed by atoms with Gasteiger partial charge in [-0.2, -0.15) is 0 Å². The summed E-state index contributed by atoms with van der Waals surface area (Å²) < 4.78 is 16.7. The van der Waals surface area contributed by atoms with E-state index in [2.05, 4.69) is 20.6 Å². The van der Waals surface area contributed by atoms with Crippen molar-refractivity contribution < 1.29 is 37.9 Å².